The lowest BCUT2D eigenvalue weighted by atomic mass is 9.94. The zero-order valence-corrected chi connectivity index (χ0v) is 9.17. The van der Waals surface area contributed by atoms with E-state index in [2.05, 4.69) is 22.8 Å². The van der Waals surface area contributed by atoms with Gasteiger partial charge in [0.2, 0.25) is 5.91 Å². The highest BCUT2D eigenvalue weighted by atomic mass is 16.2. The van der Waals surface area contributed by atoms with Crippen molar-refractivity contribution in [2.24, 2.45) is 5.92 Å². The Morgan fingerprint density at radius 2 is 2.33 bits per heavy atom. The molecule has 0 radical (unpaired) electrons. The molecule has 0 aromatic heterocycles. The third kappa shape index (κ3) is 3.06. The molecule has 1 fully saturated rings. The van der Waals surface area contributed by atoms with E-state index in [0.29, 0.717) is 5.92 Å². The van der Waals surface area contributed by atoms with Crippen molar-refractivity contribution in [3.8, 4) is 0 Å². The molecule has 0 aromatic carbocycles. The van der Waals surface area contributed by atoms with E-state index >= 15 is 0 Å². The molecule has 1 aliphatic carbocycles. The monoisotopic (exact) mass is 208 g/mol. The molecule has 1 heterocycles. The highest BCUT2D eigenvalue weighted by Gasteiger charge is 2.22. The molecule has 3 heteroatoms. The topological polar surface area (TPSA) is 41.1 Å². The van der Waals surface area contributed by atoms with Crippen LogP contribution in [-0.4, -0.2) is 25.0 Å². The van der Waals surface area contributed by atoms with Crippen molar-refractivity contribution in [1.29, 1.82) is 0 Å². The first-order valence-electron chi connectivity index (χ1n) is 6.02. The van der Waals surface area contributed by atoms with Gasteiger partial charge >= 0.3 is 0 Å². The first kappa shape index (κ1) is 10.7. The Kier molecular flexibility index (Phi) is 3.78. The van der Waals surface area contributed by atoms with E-state index in [-0.39, 0.29) is 11.9 Å². The van der Waals surface area contributed by atoms with Crippen LogP contribution in [0.25, 0.3) is 0 Å². The number of carbonyl (C=O) groups is 1. The van der Waals surface area contributed by atoms with Crippen molar-refractivity contribution < 1.29 is 4.79 Å². The molecule has 2 N–H and O–H groups in total. The zero-order chi connectivity index (χ0) is 10.5. The summed E-state index contributed by atoms with van der Waals surface area (Å²) in [6, 6.07) is 0.0733. The first-order chi connectivity index (χ1) is 7.36. The van der Waals surface area contributed by atoms with Gasteiger partial charge in [0.25, 0.3) is 0 Å². The maximum atomic E-state index is 11.7. The molecule has 3 nitrogen and oxygen atoms in total. The molecule has 0 spiro atoms. The van der Waals surface area contributed by atoms with Crippen LogP contribution in [0.5, 0.6) is 0 Å². The minimum atomic E-state index is 0.0733. The number of nitrogens with one attached hydrogen (secondary N) is 2. The van der Waals surface area contributed by atoms with Gasteiger partial charge < -0.3 is 10.6 Å². The standard InChI is InChI=1S/C12H20N2O/c15-12(11-7-4-8-13-11)14-9-10-5-2-1-3-6-10/h1-2,10-11,13H,3-9H2,(H,14,15). The maximum absolute atomic E-state index is 11.7. The molecule has 0 bridgehead atoms. The third-order valence-electron chi connectivity index (χ3n) is 3.32. The summed E-state index contributed by atoms with van der Waals surface area (Å²) >= 11 is 0. The summed E-state index contributed by atoms with van der Waals surface area (Å²) in [5, 5.41) is 6.28. The zero-order valence-electron chi connectivity index (χ0n) is 9.17. The van der Waals surface area contributed by atoms with Crippen molar-refractivity contribution in [2.45, 2.75) is 38.1 Å². The highest BCUT2D eigenvalue weighted by Crippen LogP contribution is 2.17. The molecule has 1 aliphatic heterocycles. The Bertz CT molecular complexity index is 244. The average molecular weight is 208 g/mol. The third-order valence-corrected chi connectivity index (χ3v) is 3.32. The molecule has 2 rings (SSSR count). The minimum Gasteiger partial charge on any atom is -0.354 e. The second-order valence-corrected chi connectivity index (χ2v) is 4.54. The van der Waals surface area contributed by atoms with E-state index in [1.54, 1.807) is 0 Å². The summed E-state index contributed by atoms with van der Waals surface area (Å²) in [5.74, 6) is 0.849. The quantitative estimate of drug-likeness (QED) is 0.684. The summed E-state index contributed by atoms with van der Waals surface area (Å²) < 4.78 is 0. The van der Waals surface area contributed by atoms with Crippen LogP contribution in [-0.2, 0) is 4.79 Å². The molecule has 1 saturated heterocycles. The second kappa shape index (κ2) is 5.31. The first-order valence-corrected chi connectivity index (χ1v) is 6.02. The van der Waals surface area contributed by atoms with E-state index in [0.717, 1.165) is 32.4 Å². The molecular weight excluding hydrogens is 188 g/mol. The fraction of sp³-hybridized carbons (Fsp3) is 0.750. The van der Waals surface area contributed by atoms with Crippen LogP contribution in [0.3, 0.4) is 0 Å². The molecule has 0 saturated carbocycles. The molecule has 0 aromatic rings. The molecule has 84 valence electrons. The Labute approximate surface area is 91.3 Å². The second-order valence-electron chi connectivity index (χ2n) is 4.54. The number of carbonyl (C=O) groups excluding carboxylic acids is 1. The summed E-state index contributed by atoms with van der Waals surface area (Å²) in [6.07, 6.45) is 10.1. The van der Waals surface area contributed by atoms with Crippen LogP contribution in [0, 0.1) is 5.92 Å². The molecule has 2 atom stereocenters. The maximum Gasteiger partial charge on any atom is 0.237 e. The Morgan fingerprint density at radius 3 is 3.00 bits per heavy atom. The Balaban J connectivity index is 1.68. The van der Waals surface area contributed by atoms with Gasteiger partial charge in [-0.15, -0.1) is 0 Å². The Morgan fingerprint density at radius 1 is 1.40 bits per heavy atom. The van der Waals surface area contributed by atoms with E-state index in [1.165, 1.54) is 12.8 Å². The van der Waals surface area contributed by atoms with Crippen molar-refractivity contribution in [1.82, 2.24) is 10.6 Å². The molecule has 15 heavy (non-hydrogen) atoms. The molecule has 1 amide bonds. The van der Waals surface area contributed by atoms with Gasteiger partial charge in [-0.3, -0.25) is 4.79 Å². The molecular formula is C12H20N2O. The number of rotatable bonds is 3. The summed E-state index contributed by atoms with van der Waals surface area (Å²) in [6.45, 7) is 1.84. The summed E-state index contributed by atoms with van der Waals surface area (Å²) in [7, 11) is 0. The van der Waals surface area contributed by atoms with Gasteiger partial charge in [-0.25, -0.2) is 0 Å². The number of hydrogen-bond donors (Lipinski definition) is 2. The van der Waals surface area contributed by atoms with Crippen molar-refractivity contribution in [2.75, 3.05) is 13.1 Å². The van der Waals surface area contributed by atoms with Gasteiger partial charge in [0, 0.05) is 6.54 Å². The highest BCUT2D eigenvalue weighted by molar-refractivity contribution is 5.81. The van der Waals surface area contributed by atoms with E-state index in [1.807, 2.05) is 0 Å². The van der Waals surface area contributed by atoms with Crippen LogP contribution >= 0.6 is 0 Å². The van der Waals surface area contributed by atoms with Gasteiger partial charge in [0.1, 0.15) is 0 Å². The van der Waals surface area contributed by atoms with E-state index < -0.39 is 0 Å². The van der Waals surface area contributed by atoms with Gasteiger partial charge in [-0.1, -0.05) is 12.2 Å². The lowest BCUT2D eigenvalue weighted by Gasteiger charge is -2.19. The Hall–Kier alpha value is -0.830. The summed E-state index contributed by atoms with van der Waals surface area (Å²) in [4.78, 5) is 11.7. The molecule has 2 unspecified atom stereocenters. The predicted molar refractivity (Wildman–Crippen MR) is 60.5 cm³/mol. The fourth-order valence-electron chi connectivity index (χ4n) is 2.32. The average Bonchev–Trinajstić information content (AvgIpc) is 2.81. The lowest BCUT2D eigenvalue weighted by Crippen LogP contribution is -2.42. The SMILES string of the molecule is O=C(NCC1CC=CCC1)C1CCCN1. The number of amides is 1. The number of hydrogen-bond acceptors (Lipinski definition) is 2. The van der Waals surface area contributed by atoms with Gasteiger partial charge in [-0.2, -0.15) is 0 Å². The van der Waals surface area contributed by atoms with Gasteiger partial charge in [0.15, 0.2) is 0 Å². The molecule has 2 aliphatic rings. The van der Waals surface area contributed by atoms with Crippen LogP contribution in [0.2, 0.25) is 0 Å². The van der Waals surface area contributed by atoms with Crippen LogP contribution < -0.4 is 10.6 Å². The number of allylic oxidation sites excluding steroid dienone is 2. The largest absolute Gasteiger partial charge is 0.354 e. The van der Waals surface area contributed by atoms with Crippen LogP contribution in [0.4, 0.5) is 0 Å². The van der Waals surface area contributed by atoms with Gasteiger partial charge in [0.05, 0.1) is 6.04 Å². The van der Waals surface area contributed by atoms with Crippen molar-refractivity contribution in [3.05, 3.63) is 12.2 Å². The van der Waals surface area contributed by atoms with Crippen molar-refractivity contribution in [3.63, 3.8) is 0 Å². The predicted octanol–water partition coefficient (Wildman–Crippen LogP) is 1.21. The van der Waals surface area contributed by atoms with Gasteiger partial charge in [-0.05, 0) is 44.6 Å². The van der Waals surface area contributed by atoms with Crippen LogP contribution in [0.1, 0.15) is 32.1 Å². The minimum absolute atomic E-state index is 0.0733. The fourth-order valence-corrected chi connectivity index (χ4v) is 2.32. The smallest absolute Gasteiger partial charge is 0.237 e. The van der Waals surface area contributed by atoms with Crippen molar-refractivity contribution >= 4 is 5.91 Å². The summed E-state index contributed by atoms with van der Waals surface area (Å²) in [5.41, 5.74) is 0. The normalized spacial score (nSPS) is 30.4. The van der Waals surface area contributed by atoms with E-state index in [4.69, 9.17) is 0 Å². The van der Waals surface area contributed by atoms with E-state index in [9.17, 15) is 4.79 Å². The lowest BCUT2D eigenvalue weighted by molar-refractivity contribution is -0.122. The van der Waals surface area contributed by atoms with Crippen LogP contribution in [0.15, 0.2) is 12.2 Å².